The van der Waals surface area contributed by atoms with Crippen molar-refractivity contribution in [2.45, 2.75) is 39.3 Å². The monoisotopic (exact) mass is 297 g/mol. The van der Waals surface area contributed by atoms with Crippen molar-refractivity contribution in [2.75, 3.05) is 6.61 Å². The number of nitrogens with zero attached hydrogens (tertiary/aromatic N) is 5. The number of aryl methyl sites for hydroxylation is 1. The van der Waals surface area contributed by atoms with Gasteiger partial charge in [0.25, 0.3) is 0 Å². The number of aromatic nitrogens is 5. The molecule has 0 unspecified atom stereocenters. The van der Waals surface area contributed by atoms with Crippen molar-refractivity contribution in [3.8, 4) is 11.5 Å². The summed E-state index contributed by atoms with van der Waals surface area (Å²) >= 11 is 1.58. The molecular formula is C11H19N5OSSi. The van der Waals surface area contributed by atoms with E-state index in [1.807, 2.05) is 12.3 Å². The summed E-state index contributed by atoms with van der Waals surface area (Å²) in [5.41, 5.74) is 0.774. The quantitative estimate of drug-likeness (QED) is 0.605. The minimum atomic E-state index is -1.04. The maximum Gasteiger partial charge on any atom is 0.224 e. The van der Waals surface area contributed by atoms with Crippen LogP contribution in [0.3, 0.4) is 0 Å². The van der Waals surface area contributed by atoms with E-state index < -0.39 is 8.07 Å². The number of tetrazole rings is 1. The van der Waals surface area contributed by atoms with E-state index >= 15 is 0 Å². The van der Waals surface area contributed by atoms with Gasteiger partial charge >= 0.3 is 0 Å². The van der Waals surface area contributed by atoms with Crippen LogP contribution in [0.4, 0.5) is 0 Å². The second kappa shape index (κ2) is 5.89. The molecule has 0 amide bonds. The van der Waals surface area contributed by atoms with Gasteiger partial charge in [-0.3, -0.25) is 0 Å². The van der Waals surface area contributed by atoms with Crippen LogP contribution in [0.1, 0.15) is 5.01 Å². The van der Waals surface area contributed by atoms with Gasteiger partial charge in [0.15, 0.2) is 6.73 Å². The molecule has 19 heavy (non-hydrogen) atoms. The maximum absolute atomic E-state index is 5.57. The van der Waals surface area contributed by atoms with Gasteiger partial charge in [0.2, 0.25) is 5.82 Å². The number of hydrogen-bond acceptors (Lipinski definition) is 6. The van der Waals surface area contributed by atoms with Gasteiger partial charge in [0.1, 0.15) is 5.69 Å². The van der Waals surface area contributed by atoms with E-state index in [1.54, 1.807) is 11.3 Å². The molecule has 0 aliphatic rings. The predicted molar refractivity (Wildman–Crippen MR) is 77.8 cm³/mol. The molecule has 8 heteroatoms. The third kappa shape index (κ3) is 4.48. The molecule has 6 nitrogen and oxygen atoms in total. The fraction of sp³-hybridized carbons (Fsp3) is 0.636. The van der Waals surface area contributed by atoms with Crippen LogP contribution in [0.25, 0.3) is 11.5 Å². The molecule has 0 spiro atoms. The van der Waals surface area contributed by atoms with Gasteiger partial charge in [0.05, 0.1) is 5.01 Å². The second-order valence-corrected chi connectivity index (χ2v) is 12.3. The zero-order chi connectivity index (χ0) is 13.9. The third-order valence-electron chi connectivity index (χ3n) is 2.50. The first kappa shape index (κ1) is 14.3. The van der Waals surface area contributed by atoms with E-state index in [0.29, 0.717) is 12.6 Å². The standard InChI is InChI=1S/C11H19N5OSSi/c1-9-12-10(7-18-9)11-13-15-16(14-11)8-17-5-6-19(2,3)4/h7H,5-6,8H2,1-4H3. The van der Waals surface area contributed by atoms with Gasteiger partial charge in [-0.2, -0.15) is 0 Å². The molecule has 2 rings (SSSR count). The first-order valence-electron chi connectivity index (χ1n) is 6.22. The number of rotatable bonds is 6. The summed E-state index contributed by atoms with van der Waals surface area (Å²) in [4.78, 5) is 5.79. The van der Waals surface area contributed by atoms with Crippen molar-refractivity contribution in [3.63, 3.8) is 0 Å². The summed E-state index contributed by atoms with van der Waals surface area (Å²) in [6, 6.07) is 1.14. The molecule has 0 aliphatic carbocycles. The van der Waals surface area contributed by atoms with Crippen LogP contribution < -0.4 is 0 Å². The van der Waals surface area contributed by atoms with Crippen LogP contribution in [0.5, 0.6) is 0 Å². The topological polar surface area (TPSA) is 65.7 Å². The largest absolute Gasteiger partial charge is 0.358 e. The van der Waals surface area contributed by atoms with E-state index in [1.165, 1.54) is 4.80 Å². The smallest absolute Gasteiger partial charge is 0.224 e. The highest BCUT2D eigenvalue weighted by Crippen LogP contribution is 2.16. The van der Waals surface area contributed by atoms with Gasteiger partial charge in [-0.05, 0) is 18.2 Å². The van der Waals surface area contributed by atoms with E-state index in [9.17, 15) is 0 Å². The number of ether oxygens (including phenoxy) is 1. The minimum absolute atomic E-state index is 0.348. The zero-order valence-corrected chi connectivity index (χ0v) is 13.6. The van der Waals surface area contributed by atoms with Crippen molar-refractivity contribution in [1.29, 1.82) is 0 Å². The van der Waals surface area contributed by atoms with Crippen LogP contribution in [0, 0.1) is 6.92 Å². The summed E-state index contributed by atoms with van der Waals surface area (Å²) in [7, 11) is -1.04. The van der Waals surface area contributed by atoms with Crippen molar-refractivity contribution >= 4 is 19.4 Å². The molecule has 0 fully saturated rings. The lowest BCUT2D eigenvalue weighted by Gasteiger charge is -2.14. The summed E-state index contributed by atoms with van der Waals surface area (Å²) in [5, 5.41) is 15.1. The Balaban J connectivity index is 1.85. The van der Waals surface area contributed by atoms with Crippen LogP contribution in [0.15, 0.2) is 5.38 Å². The Morgan fingerprint density at radius 1 is 1.37 bits per heavy atom. The first-order valence-corrected chi connectivity index (χ1v) is 10.8. The van der Waals surface area contributed by atoms with Crippen molar-refractivity contribution < 1.29 is 4.74 Å². The molecule has 104 valence electrons. The molecule has 2 aromatic heterocycles. The lowest BCUT2D eigenvalue weighted by Crippen LogP contribution is -2.22. The normalized spacial score (nSPS) is 12.0. The summed E-state index contributed by atoms with van der Waals surface area (Å²) in [6.07, 6.45) is 0. The summed E-state index contributed by atoms with van der Waals surface area (Å²) in [5.74, 6) is 0.554. The Morgan fingerprint density at radius 2 is 2.16 bits per heavy atom. The van der Waals surface area contributed by atoms with Gasteiger partial charge in [-0.15, -0.1) is 26.3 Å². The molecule has 0 saturated heterocycles. The Morgan fingerprint density at radius 3 is 2.79 bits per heavy atom. The Hall–Kier alpha value is -1.12. The molecule has 0 aliphatic heterocycles. The second-order valence-electron chi connectivity index (χ2n) is 5.59. The highest BCUT2D eigenvalue weighted by Gasteiger charge is 2.13. The average Bonchev–Trinajstić information content (AvgIpc) is 2.92. The van der Waals surface area contributed by atoms with Gasteiger partial charge in [-0.1, -0.05) is 19.6 Å². The molecule has 0 atom stereocenters. The number of thiazole rings is 1. The molecule has 0 bridgehead atoms. The predicted octanol–water partition coefficient (Wildman–Crippen LogP) is 2.42. The van der Waals surface area contributed by atoms with Gasteiger partial charge in [0, 0.05) is 20.1 Å². The summed E-state index contributed by atoms with van der Waals surface area (Å²) in [6.45, 7) is 10.0. The SMILES string of the molecule is Cc1nc(-c2nnn(COCC[Si](C)(C)C)n2)cs1. The lowest BCUT2D eigenvalue weighted by molar-refractivity contribution is 0.0674. The molecule has 0 saturated carbocycles. The first-order chi connectivity index (χ1) is 8.94. The van der Waals surface area contributed by atoms with E-state index in [0.717, 1.165) is 23.4 Å². The Kier molecular flexibility index (Phi) is 4.43. The third-order valence-corrected chi connectivity index (χ3v) is 4.98. The number of hydrogen-bond donors (Lipinski definition) is 0. The van der Waals surface area contributed by atoms with Crippen LogP contribution >= 0.6 is 11.3 Å². The van der Waals surface area contributed by atoms with Crippen molar-refractivity contribution in [2.24, 2.45) is 0 Å². The molecule has 0 radical (unpaired) electrons. The van der Waals surface area contributed by atoms with E-state index in [-0.39, 0.29) is 0 Å². The van der Waals surface area contributed by atoms with Gasteiger partial charge in [-0.25, -0.2) is 4.98 Å². The van der Waals surface area contributed by atoms with Crippen LogP contribution in [-0.2, 0) is 11.5 Å². The Labute approximate surface area is 117 Å². The highest BCUT2D eigenvalue weighted by molar-refractivity contribution is 7.09. The molecule has 2 heterocycles. The fourth-order valence-corrected chi connectivity index (χ4v) is 2.74. The lowest BCUT2D eigenvalue weighted by atomic mass is 10.5. The zero-order valence-electron chi connectivity index (χ0n) is 11.8. The Bertz CT molecular complexity index is 533. The van der Waals surface area contributed by atoms with E-state index in [2.05, 4.69) is 40.0 Å². The van der Waals surface area contributed by atoms with Crippen molar-refractivity contribution in [3.05, 3.63) is 10.4 Å². The highest BCUT2D eigenvalue weighted by atomic mass is 32.1. The van der Waals surface area contributed by atoms with Gasteiger partial charge < -0.3 is 4.74 Å². The van der Waals surface area contributed by atoms with Crippen LogP contribution in [-0.4, -0.2) is 39.9 Å². The average molecular weight is 297 g/mol. The van der Waals surface area contributed by atoms with Crippen molar-refractivity contribution in [1.82, 2.24) is 25.2 Å². The molecular weight excluding hydrogens is 278 g/mol. The maximum atomic E-state index is 5.57. The van der Waals surface area contributed by atoms with E-state index in [4.69, 9.17) is 4.74 Å². The molecule has 2 aromatic rings. The molecule has 0 N–H and O–H groups in total. The molecule has 0 aromatic carbocycles. The summed E-state index contributed by atoms with van der Waals surface area (Å²) < 4.78 is 5.57. The fourth-order valence-electron chi connectivity index (χ4n) is 1.39. The minimum Gasteiger partial charge on any atom is -0.358 e. The van der Waals surface area contributed by atoms with Crippen LogP contribution in [0.2, 0.25) is 25.7 Å².